The number of nitrogens with one attached hydrogen (secondary N) is 2. The predicted molar refractivity (Wildman–Crippen MR) is 68.4 cm³/mol. The van der Waals surface area contributed by atoms with Crippen LogP contribution in [0, 0.1) is 0 Å². The van der Waals surface area contributed by atoms with E-state index in [4.69, 9.17) is 11.6 Å². The van der Waals surface area contributed by atoms with E-state index >= 15 is 0 Å². The molecule has 4 aromatic heterocycles. The molecule has 0 spiro atoms. The highest BCUT2D eigenvalue weighted by Crippen LogP contribution is 2.06. The zero-order valence-corrected chi connectivity index (χ0v) is 10.2. The van der Waals surface area contributed by atoms with Crippen LogP contribution >= 0.6 is 11.6 Å². The fraction of sp³-hybridized carbons (Fsp3) is 0. The highest BCUT2D eigenvalue weighted by Gasteiger charge is 1.96. The van der Waals surface area contributed by atoms with Gasteiger partial charge < -0.3 is 9.97 Å². The average molecular weight is 275 g/mol. The Hall–Kier alpha value is -2.61. The Labute approximate surface area is 111 Å². The van der Waals surface area contributed by atoms with Crippen LogP contribution in [0.5, 0.6) is 0 Å². The highest BCUT2D eigenvalue weighted by atomic mass is 35.5. The molecule has 0 amide bonds. The molecule has 0 bridgehead atoms. The highest BCUT2D eigenvalue weighted by molar-refractivity contribution is 6.28. The van der Waals surface area contributed by atoms with Crippen LogP contribution < -0.4 is 0 Å². The number of aromatic amines is 2. The number of hydrogen-bond acceptors (Lipinski definition) is 6. The first kappa shape index (κ1) is 11.5. The lowest BCUT2D eigenvalue weighted by Crippen LogP contribution is -1.81. The minimum absolute atomic E-state index is 0.222. The molecule has 0 aliphatic heterocycles. The van der Waals surface area contributed by atoms with E-state index in [0.29, 0.717) is 11.3 Å². The quantitative estimate of drug-likeness (QED) is 0.469. The van der Waals surface area contributed by atoms with Gasteiger partial charge in [0.2, 0.25) is 5.28 Å². The molecule has 4 heterocycles. The van der Waals surface area contributed by atoms with Crippen LogP contribution in [0.1, 0.15) is 0 Å². The summed E-state index contributed by atoms with van der Waals surface area (Å²) < 4.78 is 0. The molecule has 4 aromatic rings. The molecule has 9 heteroatoms. The molecule has 4 rings (SSSR count). The molecule has 0 aromatic carbocycles. The minimum Gasteiger partial charge on any atom is -0.342 e. The standard InChI is InChI=1S/C5H3ClN4.C5H4N4/c6-5-7-1-3-4(10-5)9-2-8-3;1-4-5(8-2-6-1)9-3-7-4/h1-2H,(H,7,8,9,10);1-3H,(H,6,7,8,9). The van der Waals surface area contributed by atoms with Gasteiger partial charge in [-0.2, -0.15) is 4.98 Å². The van der Waals surface area contributed by atoms with E-state index < -0.39 is 0 Å². The van der Waals surface area contributed by atoms with E-state index in [-0.39, 0.29) is 5.28 Å². The van der Waals surface area contributed by atoms with E-state index in [1.807, 2.05) is 0 Å². The van der Waals surface area contributed by atoms with Crippen molar-refractivity contribution in [3.63, 3.8) is 0 Å². The van der Waals surface area contributed by atoms with Crippen LogP contribution in [0.25, 0.3) is 22.3 Å². The normalized spacial score (nSPS) is 10.4. The maximum Gasteiger partial charge on any atom is 0.224 e. The van der Waals surface area contributed by atoms with E-state index in [2.05, 4.69) is 39.9 Å². The van der Waals surface area contributed by atoms with E-state index in [0.717, 1.165) is 11.0 Å². The molecule has 94 valence electrons. The van der Waals surface area contributed by atoms with Crippen molar-refractivity contribution in [1.82, 2.24) is 39.9 Å². The summed E-state index contributed by atoms with van der Waals surface area (Å²) in [6, 6.07) is 0. The fourth-order valence-electron chi connectivity index (χ4n) is 1.41. The van der Waals surface area contributed by atoms with Crippen LogP contribution in [-0.2, 0) is 0 Å². The fourth-order valence-corrected chi connectivity index (χ4v) is 1.53. The van der Waals surface area contributed by atoms with Crippen LogP contribution in [0.3, 0.4) is 0 Å². The molecule has 0 fully saturated rings. The third kappa shape index (κ3) is 2.47. The topological polar surface area (TPSA) is 109 Å². The lowest BCUT2D eigenvalue weighted by Gasteiger charge is -1.85. The second-order valence-corrected chi connectivity index (χ2v) is 3.78. The van der Waals surface area contributed by atoms with Gasteiger partial charge in [-0.15, -0.1) is 0 Å². The van der Waals surface area contributed by atoms with Gasteiger partial charge >= 0.3 is 0 Å². The predicted octanol–water partition coefficient (Wildman–Crippen LogP) is 1.36. The zero-order chi connectivity index (χ0) is 13.1. The Bertz CT molecular complexity index is 777. The maximum absolute atomic E-state index is 5.50. The van der Waals surface area contributed by atoms with Crippen LogP contribution in [0.2, 0.25) is 5.28 Å². The summed E-state index contributed by atoms with van der Waals surface area (Å²) in [7, 11) is 0. The molecular formula is C10H7ClN8. The SMILES string of the molecule is Clc1ncc2[nH]cnc2n1.c1ncc2[nH]cnc2n1. The Morgan fingerprint density at radius 3 is 2.37 bits per heavy atom. The molecule has 2 N–H and O–H groups in total. The van der Waals surface area contributed by atoms with Gasteiger partial charge in [-0.3, -0.25) is 0 Å². The van der Waals surface area contributed by atoms with Crippen molar-refractivity contribution < 1.29 is 0 Å². The first-order valence-electron chi connectivity index (χ1n) is 5.23. The monoisotopic (exact) mass is 274 g/mol. The van der Waals surface area contributed by atoms with Gasteiger partial charge in [0.1, 0.15) is 17.4 Å². The molecule has 0 radical (unpaired) electrons. The summed E-state index contributed by atoms with van der Waals surface area (Å²) in [5.41, 5.74) is 2.98. The average Bonchev–Trinajstić information content (AvgIpc) is 3.07. The van der Waals surface area contributed by atoms with Crippen LogP contribution in [0.4, 0.5) is 0 Å². The molecule has 0 saturated carbocycles. The van der Waals surface area contributed by atoms with Crippen molar-refractivity contribution in [2.75, 3.05) is 0 Å². The van der Waals surface area contributed by atoms with Gasteiger partial charge in [0.05, 0.1) is 25.0 Å². The second kappa shape index (κ2) is 4.94. The number of fused-ring (bicyclic) bond motifs is 2. The van der Waals surface area contributed by atoms with Gasteiger partial charge in [-0.25, -0.2) is 24.9 Å². The molecule has 0 saturated heterocycles. The Kier molecular flexibility index (Phi) is 2.99. The molecule has 0 unspecified atom stereocenters. The third-order valence-corrected chi connectivity index (χ3v) is 2.43. The Morgan fingerprint density at radius 2 is 1.58 bits per heavy atom. The number of H-pyrrole nitrogens is 2. The molecule has 19 heavy (non-hydrogen) atoms. The van der Waals surface area contributed by atoms with Crippen molar-refractivity contribution in [3.05, 3.63) is 36.7 Å². The second-order valence-electron chi connectivity index (χ2n) is 3.44. The third-order valence-electron chi connectivity index (χ3n) is 2.24. The molecule has 8 nitrogen and oxygen atoms in total. The van der Waals surface area contributed by atoms with Crippen LogP contribution in [-0.4, -0.2) is 39.9 Å². The van der Waals surface area contributed by atoms with Crippen molar-refractivity contribution in [2.24, 2.45) is 0 Å². The van der Waals surface area contributed by atoms with E-state index in [9.17, 15) is 0 Å². The smallest absolute Gasteiger partial charge is 0.224 e. The van der Waals surface area contributed by atoms with Gasteiger partial charge in [0.25, 0.3) is 0 Å². The first-order chi connectivity index (χ1) is 9.33. The van der Waals surface area contributed by atoms with Crippen molar-refractivity contribution >= 4 is 33.9 Å². The molecule has 0 atom stereocenters. The number of aromatic nitrogens is 8. The summed E-state index contributed by atoms with van der Waals surface area (Å²) in [4.78, 5) is 28.8. The van der Waals surface area contributed by atoms with Gasteiger partial charge in [0.15, 0.2) is 11.3 Å². The van der Waals surface area contributed by atoms with Gasteiger partial charge in [-0.05, 0) is 11.6 Å². The zero-order valence-electron chi connectivity index (χ0n) is 9.45. The summed E-state index contributed by atoms with van der Waals surface area (Å²) >= 11 is 5.50. The minimum atomic E-state index is 0.222. The Morgan fingerprint density at radius 1 is 0.842 bits per heavy atom. The van der Waals surface area contributed by atoms with Crippen molar-refractivity contribution in [2.45, 2.75) is 0 Å². The Balaban J connectivity index is 0.000000117. The van der Waals surface area contributed by atoms with Gasteiger partial charge in [-0.1, -0.05) is 0 Å². The summed E-state index contributed by atoms with van der Waals surface area (Å²) in [6.07, 6.45) is 7.91. The summed E-state index contributed by atoms with van der Waals surface area (Å²) in [6.45, 7) is 0. The van der Waals surface area contributed by atoms with E-state index in [1.165, 1.54) is 6.33 Å². The van der Waals surface area contributed by atoms with Crippen LogP contribution in [0.15, 0.2) is 31.4 Å². The number of hydrogen-bond donors (Lipinski definition) is 2. The van der Waals surface area contributed by atoms with Gasteiger partial charge in [0, 0.05) is 0 Å². The molecule has 0 aliphatic rings. The lowest BCUT2D eigenvalue weighted by atomic mass is 10.6. The number of nitrogens with zero attached hydrogens (tertiary/aromatic N) is 6. The van der Waals surface area contributed by atoms with Crippen molar-refractivity contribution in [3.8, 4) is 0 Å². The number of rotatable bonds is 0. The molecule has 0 aliphatic carbocycles. The molecular weight excluding hydrogens is 268 g/mol. The number of halogens is 1. The van der Waals surface area contributed by atoms with E-state index in [1.54, 1.807) is 25.0 Å². The summed E-state index contributed by atoms with van der Waals surface area (Å²) in [5.74, 6) is 0. The first-order valence-corrected chi connectivity index (χ1v) is 5.61. The maximum atomic E-state index is 5.50. The lowest BCUT2D eigenvalue weighted by molar-refractivity contribution is 1.20. The number of imidazole rings is 2. The summed E-state index contributed by atoms with van der Waals surface area (Å²) in [5, 5.41) is 0.222. The largest absolute Gasteiger partial charge is 0.342 e. The van der Waals surface area contributed by atoms with Crippen molar-refractivity contribution in [1.29, 1.82) is 0 Å².